The van der Waals surface area contributed by atoms with E-state index in [1.807, 2.05) is 0 Å². The van der Waals surface area contributed by atoms with Gasteiger partial charge in [-0.1, -0.05) is 60.7 Å². The molecular weight excluding hydrogens is 392 g/mol. The van der Waals surface area contributed by atoms with Gasteiger partial charge in [0.2, 0.25) is 0 Å². The van der Waals surface area contributed by atoms with E-state index in [1.165, 1.54) is 22.6 Å². The van der Waals surface area contributed by atoms with Crippen LogP contribution >= 0.6 is 22.6 Å². The van der Waals surface area contributed by atoms with Gasteiger partial charge in [-0.3, -0.25) is 0 Å². The molecule has 1 nitrogen and oxygen atoms in total. The van der Waals surface area contributed by atoms with Gasteiger partial charge in [-0.2, -0.15) is 13.2 Å². The molecule has 5 heteroatoms. The first kappa shape index (κ1) is 16.0. The fourth-order valence-electron chi connectivity index (χ4n) is 1.98. The van der Waals surface area contributed by atoms with Gasteiger partial charge in [0.1, 0.15) is 5.60 Å². The fourth-order valence-corrected chi connectivity index (χ4v) is 2.43. The lowest BCUT2D eigenvalue weighted by molar-refractivity contribution is -0.0831. The van der Waals surface area contributed by atoms with Crippen molar-refractivity contribution in [3.8, 4) is 0 Å². The number of hydrogen-bond donors (Lipinski definition) is 1. The average molecular weight is 404 g/mol. The van der Waals surface area contributed by atoms with Crippen LogP contribution in [0.3, 0.4) is 0 Å². The number of halogens is 4. The van der Waals surface area contributed by atoms with Crippen LogP contribution in [0.2, 0.25) is 0 Å². The molecule has 2 aromatic rings. The third-order valence-corrected chi connectivity index (χ3v) is 3.96. The second-order valence-electron chi connectivity index (χ2n) is 4.49. The van der Waals surface area contributed by atoms with Crippen LogP contribution in [0.15, 0.2) is 70.3 Å². The van der Waals surface area contributed by atoms with Gasteiger partial charge in [-0.15, -0.1) is 0 Å². The molecule has 0 spiro atoms. The predicted octanol–water partition coefficient (Wildman–Crippen LogP) is 4.80. The zero-order valence-electron chi connectivity index (χ0n) is 10.8. The molecule has 0 aliphatic carbocycles. The summed E-state index contributed by atoms with van der Waals surface area (Å²) in [5.74, 6) is 0. The molecule has 0 saturated heterocycles. The molecule has 0 bridgehead atoms. The summed E-state index contributed by atoms with van der Waals surface area (Å²) in [5, 5.41) is 10.9. The highest BCUT2D eigenvalue weighted by Gasteiger charge is 2.37. The Bertz CT molecular complexity index is 581. The quantitative estimate of drug-likeness (QED) is 0.729. The van der Waals surface area contributed by atoms with Gasteiger partial charge in [-0.05, 0) is 39.8 Å². The summed E-state index contributed by atoms with van der Waals surface area (Å²) in [7, 11) is 0. The smallest absolute Gasteiger partial charge is 0.377 e. The number of hydrogen-bond acceptors (Lipinski definition) is 1. The van der Waals surface area contributed by atoms with Gasteiger partial charge in [-0.25, -0.2) is 0 Å². The van der Waals surface area contributed by atoms with Crippen molar-refractivity contribution in [1.29, 1.82) is 0 Å². The van der Waals surface area contributed by atoms with Crippen LogP contribution in [-0.2, 0) is 5.60 Å². The third kappa shape index (κ3) is 3.65. The van der Waals surface area contributed by atoms with Crippen molar-refractivity contribution in [3.05, 3.63) is 81.4 Å². The van der Waals surface area contributed by atoms with E-state index >= 15 is 0 Å². The Hall–Kier alpha value is -1.34. The molecule has 0 aliphatic rings. The standard InChI is InChI=1S/C16H12F3IO/c17-16(18,19)14(20)11-15(21,12-7-3-1-4-8-12)13-9-5-2-6-10-13/h1-11,21H/b14-11-. The highest BCUT2D eigenvalue weighted by molar-refractivity contribution is 14.1. The molecule has 2 rings (SSSR count). The van der Waals surface area contributed by atoms with Gasteiger partial charge in [0.15, 0.2) is 0 Å². The van der Waals surface area contributed by atoms with E-state index in [0.29, 0.717) is 11.1 Å². The lowest BCUT2D eigenvalue weighted by Crippen LogP contribution is -2.26. The van der Waals surface area contributed by atoms with Gasteiger partial charge >= 0.3 is 6.18 Å². The Morgan fingerprint density at radius 3 is 1.57 bits per heavy atom. The Balaban J connectivity index is 2.61. The Morgan fingerprint density at radius 1 is 0.857 bits per heavy atom. The monoisotopic (exact) mass is 404 g/mol. The molecule has 0 aromatic heterocycles. The van der Waals surface area contributed by atoms with Crippen molar-refractivity contribution in [2.75, 3.05) is 0 Å². The molecule has 1 N–H and O–H groups in total. The zero-order valence-corrected chi connectivity index (χ0v) is 13.0. The van der Waals surface area contributed by atoms with Gasteiger partial charge in [0.05, 0.1) is 3.58 Å². The van der Waals surface area contributed by atoms with Crippen LogP contribution in [0.25, 0.3) is 0 Å². The van der Waals surface area contributed by atoms with Crippen molar-refractivity contribution in [2.24, 2.45) is 0 Å². The fraction of sp³-hybridized carbons (Fsp3) is 0.125. The maximum Gasteiger partial charge on any atom is 0.421 e. The second-order valence-corrected chi connectivity index (χ2v) is 5.65. The Labute approximate surface area is 134 Å². The predicted molar refractivity (Wildman–Crippen MR) is 84.0 cm³/mol. The SMILES string of the molecule is OC(/C=C(\I)C(F)(F)F)(c1ccccc1)c1ccccc1. The minimum absolute atomic E-state index is 0.384. The Morgan fingerprint density at radius 2 is 1.24 bits per heavy atom. The number of alkyl halides is 3. The lowest BCUT2D eigenvalue weighted by atomic mass is 9.86. The van der Waals surface area contributed by atoms with E-state index in [4.69, 9.17) is 0 Å². The van der Waals surface area contributed by atoms with Crippen molar-refractivity contribution in [2.45, 2.75) is 11.8 Å². The summed E-state index contributed by atoms with van der Waals surface area (Å²) in [6.45, 7) is 0. The van der Waals surface area contributed by atoms with Crippen LogP contribution in [0.5, 0.6) is 0 Å². The number of aliphatic hydroxyl groups is 1. The van der Waals surface area contributed by atoms with Gasteiger partial charge in [0.25, 0.3) is 0 Å². The number of benzene rings is 2. The van der Waals surface area contributed by atoms with E-state index in [2.05, 4.69) is 0 Å². The molecule has 0 atom stereocenters. The molecule has 0 saturated carbocycles. The summed E-state index contributed by atoms with van der Waals surface area (Å²) in [4.78, 5) is 0. The van der Waals surface area contributed by atoms with E-state index in [9.17, 15) is 18.3 Å². The largest absolute Gasteiger partial charge is 0.421 e. The molecule has 2 aromatic carbocycles. The van der Waals surface area contributed by atoms with Crippen LogP contribution < -0.4 is 0 Å². The Kier molecular flexibility index (Phi) is 4.73. The topological polar surface area (TPSA) is 20.2 Å². The van der Waals surface area contributed by atoms with Crippen LogP contribution in [-0.4, -0.2) is 11.3 Å². The summed E-state index contributed by atoms with van der Waals surface area (Å²) < 4.78 is 37.6. The minimum atomic E-state index is -4.49. The van der Waals surface area contributed by atoms with Crippen LogP contribution in [0, 0.1) is 0 Å². The number of allylic oxidation sites excluding steroid dienone is 1. The van der Waals surface area contributed by atoms with E-state index in [1.54, 1.807) is 60.7 Å². The van der Waals surface area contributed by atoms with Crippen molar-refractivity contribution >= 4 is 22.6 Å². The first-order valence-electron chi connectivity index (χ1n) is 6.13. The average Bonchev–Trinajstić information content (AvgIpc) is 2.48. The van der Waals surface area contributed by atoms with Gasteiger partial charge in [0, 0.05) is 0 Å². The van der Waals surface area contributed by atoms with Crippen molar-refractivity contribution < 1.29 is 18.3 Å². The molecule has 21 heavy (non-hydrogen) atoms. The first-order valence-corrected chi connectivity index (χ1v) is 7.21. The lowest BCUT2D eigenvalue weighted by Gasteiger charge is -2.27. The summed E-state index contributed by atoms with van der Waals surface area (Å²) in [6, 6.07) is 16.6. The molecule has 0 amide bonds. The van der Waals surface area contributed by atoms with Crippen molar-refractivity contribution in [3.63, 3.8) is 0 Å². The molecular formula is C16H12F3IO. The summed E-state index contributed by atoms with van der Waals surface area (Å²) in [6.07, 6.45) is -3.64. The highest BCUT2D eigenvalue weighted by Crippen LogP contribution is 2.38. The second kappa shape index (κ2) is 6.19. The maximum atomic E-state index is 12.8. The van der Waals surface area contributed by atoms with E-state index in [-0.39, 0.29) is 0 Å². The zero-order chi connectivity index (χ0) is 15.5. The minimum Gasteiger partial charge on any atom is -0.377 e. The van der Waals surface area contributed by atoms with Gasteiger partial charge < -0.3 is 5.11 Å². The normalized spacial score (nSPS) is 13.3. The molecule has 0 unspecified atom stereocenters. The maximum absolute atomic E-state index is 12.8. The molecule has 0 aliphatic heterocycles. The molecule has 0 fully saturated rings. The van der Waals surface area contributed by atoms with Crippen molar-refractivity contribution in [1.82, 2.24) is 0 Å². The highest BCUT2D eigenvalue weighted by atomic mass is 127. The van der Waals surface area contributed by atoms with Crippen LogP contribution in [0.4, 0.5) is 13.2 Å². The molecule has 110 valence electrons. The van der Waals surface area contributed by atoms with E-state index in [0.717, 1.165) is 6.08 Å². The first-order chi connectivity index (χ1) is 9.84. The van der Waals surface area contributed by atoms with E-state index < -0.39 is 15.4 Å². The summed E-state index contributed by atoms with van der Waals surface area (Å²) >= 11 is 1.20. The van der Waals surface area contributed by atoms with Crippen LogP contribution in [0.1, 0.15) is 11.1 Å². The number of rotatable bonds is 3. The molecule has 0 radical (unpaired) electrons. The molecule has 0 heterocycles. The summed E-state index contributed by atoms with van der Waals surface area (Å²) in [5.41, 5.74) is -1.06. The third-order valence-electron chi connectivity index (χ3n) is 3.03.